The molecule has 0 aliphatic carbocycles. The van der Waals surface area contributed by atoms with Crippen molar-refractivity contribution in [2.24, 2.45) is 0 Å². The van der Waals surface area contributed by atoms with Crippen LogP contribution in [0.2, 0.25) is 5.02 Å². The molecule has 0 saturated carbocycles. The van der Waals surface area contributed by atoms with Gasteiger partial charge in [-0.05, 0) is 29.6 Å². The number of aliphatic hydroxyl groups is 2. The van der Waals surface area contributed by atoms with Crippen molar-refractivity contribution < 1.29 is 19.3 Å². The highest BCUT2D eigenvalue weighted by atomic mass is 35.5. The van der Waals surface area contributed by atoms with Gasteiger partial charge in [0.05, 0.1) is 28.1 Å². The number of aliphatic hydroxyl groups excluding tert-OH is 2. The summed E-state index contributed by atoms with van der Waals surface area (Å²) in [6.07, 6.45) is -3.84. The van der Waals surface area contributed by atoms with Crippen molar-refractivity contribution in [3.8, 4) is 10.6 Å². The van der Waals surface area contributed by atoms with E-state index in [1.807, 2.05) is 17.5 Å². The molecule has 1 aromatic carbocycles. The Morgan fingerprint density at radius 1 is 1.29 bits per heavy atom. The summed E-state index contributed by atoms with van der Waals surface area (Å²) >= 11 is 7.78. The number of halogens is 2. The van der Waals surface area contributed by atoms with E-state index in [0.717, 1.165) is 21.3 Å². The second-order valence-electron chi connectivity index (χ2n) is 6.61. The first kappa shape index (κ1) is 18.0. The number of hydrogen-bond acceptors (Lipinski definition) is 6. The number of benzene rings is 1. The van der Waals surface area contributed by atoms with Crippen LogP contribution in [0.5, 0.6) is 0 Å². The van der Waals surface area contributed by atoms with E-state index in [4.69, 9.17) is 16.3 Å². The molecule has 0 amide bonds. The number of hydrogen-bond donors (Lipinski definition) is 2. The van der Waals surface area contributed by atoms with Crippen LogP contribution in [0, 0.1) is 0 Å². The molecule has 0 unspecified atom stereocenters. The zero-order valence-electron chi connectivity index (χ0n) is 14.4. The molecule has 6 nitrogen and oxygen atoms in total. The highest BCUT2D eigenvalue weighted by Gasteiger charge is 2.46. The van der Waals surface area contributed by atoms with Gasteiger partial charge in [-0.15, -0.1) is 11.3 Å². The van der Waals surface area contributed by atoms with Crippen molar-refractivity contribution in [2.75, 3.05) is 6.61 Å². The molecule has 1 fully saturated rings. The fourth-order valence-electron chi connectivity index (χ4n) is 3.76. The van der Waals surface area contributed by atoms with Crippen molar-refractivity contribution in [1.82, 2.24) is 14.5 Å². The number of nitrogens with zero attached hydrogens (tertiary/aromatic N) is 3. The smallest absolute Gasteiger partial charge is 0.173 e. The Hall–Kier alpha value is -2.10. The molecule has 2 N–H and O–H groups in total. The van der Waals surface area contributed by atoms with E-state index in [0.29, 0.717) is 16.2 Å². The molecule has 28 heavy (non-hydrogen) atoms. The summed E-state index contributed by atoms with van der Waals surface area (Å²) in [5.74, 6) is 0. The van der Waals surface area contributed by atoms with Gasteiger partial charge in [-0.25, -0.2) is 14.4 Å². The monoisotopic (exact) mass is 419 g/mol. The van der Waals surface area contributed by atoms with Crippen LogP contribution in [0.1, 0.15) is 6.23 Å². The molecule has 0 bridgehead atoms. The highest BCUT2D eigenvalue weighted by molar-refractivity contribution is 7.13. The third-order valence-electron chi connectivity index (χ3n) is 5.03. The maximum absolute atomic E-state index is 14.9. The van der Waals surface area contributed by atoms with E-state index < -0.39 is 31.2 Å². The first-order chi connectivity index (χ1) is 13.6. The number of thiophene rings is 1. The van der Waals surface area contributed by atoms with Gasteiger partial charge in [0.2, 0.25) is 0 Å². The first-order valence-corrected chi connectivity index (χ1v) is 9.92. The Labute approximate surface area is 167 Å². The molecule has 4 aromatic rings. The standard InChI is InChI=1S/C19H15ClFN3O3S/c20-9-3-4-11-10(6-9)14-16(13-2-1-5-28-13)22-8-23-18(14)24(11)19-15(21)17(26)12(7-25)27-19/h1-6,8,12,15,17,19,25-26H,7H2/t12-,15-,17-,19-/m1/s1. The first-order valence-electron chi connectivity index (χ1n) is 8.66. The quantitative estimate of drug-likeness (QED) is 0.530. The van der Waals surface area contributed by atoms with E-state index in [-0.39, 0.29) is 0 Å². The molecular formula is C19H15ClFN3O3S. The average molecular weight is 420 g/mol. The maximum atomic E-state index is 14.9. The Morgan fingerprint density at radius 2 is 2.14 bits per heavy atom. The van der Waals surface area contributed by atoms with Crippen molar-refractivity contribution in [3.63, 3.8) is 0 Å². The molecule has 1 aliphatic heterocycles. The molecule has 4 heterocycles. The van der Waals surface area contributed by atoms with Crippen LogP contribution in [0.3, 0.4) is 0 Å². The summed E-state index contributed by atoms with van der Waals surface area (Å²) in [5, 5.41) is 23.5. The molecule has 9 heteroatoms. The minimum Gasteiger partial charge on any atom is -0.394 e. The van der Waals surface area contributed by atoms with E-state index in [2.05, 4.69) is 9.97 Å². The average Bonchev–Trinajstić information content (AvgIpc) is 3.40. The van der Waals surface area contributed by atoms with Gasteiger partial charge < -0.3 is 14.9 Å². The van der Waals surface area contributed by atoms with Crippen molar-refractivity contribution in [2.45, 2.75) is 24.6 Å². The number of aromatic nitrogens is 3. The number of rotatable bonds is 3. The largest absolute Gasteiger partial charge is 0.394 e. The van der Waals surface area contributed by atoms with Crippen LogP contribution in [-0.4, -0.2) is 49.7 Å². The Bertz CT molecular complexity index is 1170. The lowest BCUT2D eigenvalue weighted by Gasteiger charge is -2.17. The summed E-state index contributed by atoms with van der Waals surface area (Å²) in [4.78, 5) is 9.80. The van der Waals surface area contributed by atoms with Crippen LogP contribution in [0.25, 0.3) is 32.5 Å². The molecule has 1 aliphatic rings. The maximum Gasteiger partial charge on any atom is 0.173 e. The summed E-state index contributed by atoms with van der Waals surface area (Å²) in [6.45, 7) is -0.476. The van der Waals surface area contributed by atoms with Gasteiger partial charge in [-0.3, -0.25) is 4.57 Å². The van der Waals surface area contributed by atoms with Crippen molar-refractivity contribution in [3.05, 3.63) is 47.1 Å². The molecule has 4 atom stereocenters. The summed E-state index contributed by atoms with van der Waals surface area (Å²) in [5.41, 5.74) is 1.86. The topological polar surface area (TPSA) is 80.4 Å². The molecule has 1 saturated heterocycles. The van der Waals surface area contributed by atoms with E-state index in [1.165, 1.54) is 17.7 Å². The van der Waals surface area contributed by atoms with Crippen LogP contribution < -0.4 is 0 Å². The second-order valence-corrected chi connectivity index (χ2v) is 8.00. The van der Waals surface area contributed by atoms with Gasteiger partial charge in [-0.2, -0.15) is 0 Å². The number of ether oxygens (including phenoxy) is 1. The molecule has 5 rings (SSSR count). The van der Waals surface area contributed by atoms with Gasteiger partial charge in [0.25, 0.3) is 0 Å². The summed E-state index contributed by atoms with van der Waals surface area (Å²) in [7, 11) is 0. The molecule has 3 aromatic heterocycles. The van der Waals surface area contributed by atoms with Gasteiger partial charge in [0.1, 0.15) is 24.2 Å². The Balaban J connectivity index is 1.84. The van der Waals surface area contributed by atoms with Gasteiger partial charge >= 0.3 is 0 Å². The minimum absolute atomic E-state index is 0.476. The fourth-order valence-corrected chi connectivity index (χ4v) is 4.66. The Morgan fingerprint density at radius 3 is 2.86 bits per heavy atom. The lowest BCUT2D eigenvalue weighted by molar-refractivity contribution is -0.0442. The van der Waals surface area contributed by atoms with Crippen LogP contribution in [0.4, 0.5) is 4.39 Å². The number of alkyl halides is 1. The second kappa shape index (κ2) is 6.75. The van der Waals surface area contributed by atoms with Gasteiger partial charge in [-0.1, -0.05) is 17.7 Å². The minimum atomic E-state index is -1.72. The van der Waals surface area contributed by atoms with Crippen LogP contribution in [0.15, 0.2) is 42.0 Å². The summed E-state index contributed by atoms with van der Waals surface area (Å²) < 4.78 is 22.2. The lowest BCUT2D eigenvalue weighted by atomic mass is 10.1. The van der Waals surface area contributed by atoms with Crippen molar-refractivity contribution in [1.29, 1.82) is 0 Å². The Kier molecular flexibility index (Phi) is 4.33. The van der Waals surface area contributed by atoms with E-state index in [9.17, 15) is 14.6 Å². The number of fused-ring (bicyclic) bond motifs is 3. The predicted molar refractivity (Wildman–Crippen MR) is 105 cm³/mol. The lowest BCUT2D eigenvalue weighted by Crippen LogP contribution is -2.30. The predicted octanol–water partition coefficient (Wildman–Crippen LogP) is 3.56. The molecule has 0 spiro atoms. The third kappa shape index (κ3) is 2.57. The van der Waals surface area contributed by atoms with E-state index >= 15 is 0 Å². The normalized spacial score (nSPS) is 25.1. The van der Waals surface area contributed by atoms with Crippen LogP contribution in [-0.2, 0) is 4.74 Å². The van der Waals surface area contributed by atoms with E-state index in [1.54, 1.807) is 22.8 Å². The summed E-state index contributed by atoms with van der Waals surface area (Å²) in [6, 6.07) is 9.15. The van der Waals surface area contributed by atoms with Crippen molar-refractivity contribution >= 4 is 44.9 Å². The third-order valence-corrected chi connectivity index (χ3v) is 6.14. The molecule has 144 valence electrons. The zero-order valence-corrected chi connectivity index (χ0v) is 15.9. The highest BCUT2D eigenvalue weighted by Crippen LogP contribution is 2.42. The van der Waals surface area contributed by atoms with Crippen LogP contribution >= 0.6 is 22.9 Å². The zero-order chi connectivity index (χ0) is 19.4. The fraction of sp³-hybridized carbons (Fsp3) is 0.263. The van der Waals surface area contributed by atoms with Gasteiger partial charge in [0, 0.05) is 10.4 Å². The molecular weight excluding hydrogens is 405 g/mol. The van der Waals surface area contributed by atoms with Gasteiger partial charge in [0.15, 0.2) is 12.4 Å². The molecule has 0 radical (unpaired) electrons. The SMILES string of the molecule is OC[C@H]1O[C@@H](n2c3ccc(Cl)cc3c3c(-c4cccs4)ncnc32)[C@H](F)[C@@H]1O.